The molecule has 1 aromatic heterocycles. The minimum Gasteiger partial charge on any atom is -0.361 e. The van der Waals surface area contributed by atoms with Crippen molar-refractivity contribution in [3.05, 3.63) is 35.8 Å². The zero-order valence-electron chi connectivity index (χ0n) is 17.8. The molecule has 2 aromatic rings. The van der Waals surface area contributed by atoms with Gasteiger partial charge in [0.15, 0.2) is 5.96 Å². The summed E-state index contributed by atoms with van der Waals surface area (Å²) in [6.45, 7) is 10.4. The van der Waals surface area contributed by atoms with E-state index in [0.29, 0.717) is 0 Å². The predicted molar refractivity (Wildman–Crippen MR) is 119 cm³/mol. The normalized spacial score (nSPS) is 16.9. The lowest BCUT2D eigenvalue weighted by atomic mass is 10.1. The highest BCUT2D eigenvalue weighted by Crippen LogP contribution is 2.19. The van der Waals surface area contributed by atoms with E-state index in [0.717, 1.165) is 69.0 Å². The van der Waals surface area contributed by atoms with Gasteiger partial charge in [-0.1, -0.05) is 0 Å². The van der Waals surface area contributed by atoms with Crippen LogP contribution < -0.4 is 10.6 Å². The minimum atomic E-state index is -0.210. The van der Waals surface area contributed by atoms with Crippen molar-refractivity contribution in [2.24, 2.45) is 4.99 Å². The van der Waals surface area contributed by atoms with Crippen molar-refractivity contribution in [1.82, 2.24) is 25.4 Å². The first-order valence-electron chi connectivity index (χ1n) is 10.8. The molecule has 0 atom stereocenters. The fourth-order valence-corrected chi connectivity index (χ4v) is 3.83. The second-order valence-electron chi connectivity index (χ2n) is 7.79. The third kappa shape index (κ3) is 6.72. The van der Waals surface area contributed by atoms with Crippen LogP contribution in [0.2, 0.25) is 0 Å². The van der Waals surface area contributed by atoms with E-state index in [2.05, 4.69) is 39.4 Å². The second kappa shape index (κ2) is 11.2. The Kier molecular flexibility index (Phi) is 8.31. The van der Waals surface area contributed by atoms with Crippen molar-refractivity contribution in [3.8, 4) is 0 Å². The van der Waals surface area contributed by atoms with Crippen LogP contribution in [-0.4, -0.2) is 80.1 Å². The summed E-state index contributed by atoms with van der Waals surface area (Å²) < 4.78 is 13.3. The number of likely N-dealkylation sites (N-methyl/N-ethyl adjacent to an activating group) is 1. The first-order chi connectivity index (χ1) is 14.2. The topological polar surface area (TPSA) is 58.7 Å². The molecule has 1 aliphatic heterocycles. The summed E-state index contributed by atoms with van der Waals surface area (Å²) in [6.07, 6.45) is 5.16. The van der Waals surface area contributed by atoms with E-state index in [1.54, 1.807) is 6.07 Å². The molecule has 7 heteroatoms. The molecular weight excluding hydrogens is 367 g/mol. The Morgan fingerprint density at radius 2 is 2.10 bits per heavy atom. The Labute approximate surface area is 173 Å². The van der Waals surface area contributed by atoms with Crippen LogP contribution in [0, 0.1) is 5.82 Å². The molecule has 0 amide bonds. The fourth-order valence-electron chi connectivity index (χ4n) is 3.83. The number of aromatic nitrogens is 1. The highest BCUT2D eigenvalue weighted by molar-refractivity contribution is 5.83. The smallest absolute Gasteiger partial charge is 0.191 e. The Balaban J connectivity index is 1.42. The van der Waals surface area contributed by atoms with Crippen LogP contribution in [0.3, 0.4) is 0 Å². The summed E-state index contributed by atoms with van der Waals surface area (Å²) in [5, 5.41) is 7.82. The summed E-state index contributed by atoms with van der Waals surface area (Å²) in [5.41, 5.74) is 2.04. The summed E-state index contributed by atoms with van der Waals surface area (Å²) in [6, 6.07) is 4.90. The highest BCUT2D eigenvalue weighted by atomic mass is 19.1. The molecule has 3 N–H and O–H groups in total. The number of rotatable bonds is 8. The van der Waals surface area contributed by atoms with Gasteiger partial charge in [-0.2, -0.15) is 0 Å². The molecule has 1 saturated heterocycles. The van der Waals surface area contributed by atoms with Crippen molar-refractivity contribution in [3.63, 3.8) is 0 Å². The maximum Gasteiger partial charge on any atom is 0.191 e. The molecule has 29 heavy (non-hydrogen) atoms. The number of aromatic amines is 1. The molecule has 0 spiro atoms. The molecule has 3 rings (SSSR count). The average Bonchev–Trinajstić information content (AvgIpc) is 2.98. The van der Waals surface area contributed by atoms with Gasteiger partial charge in [0, 0.05) is 49.8 Å². The number of hydrogen-bond acceptors (Lipinski definition) is 3. The summed E-state index contributed by atoms with van der Waals surface area (Å²) in [4.78, 5) is 12.8. The van der Waals surface area contributed by atoms with E-state index in [1.807, 2.05) is 12.3 Å². The van der Waals surface area contributed by atoms with E-state index in [4.69, 9.17) is 4.99 Å². The summed E-state index contributed by atoms with van der Waals surface area (Å²) in [7, 11) is 2.21. The minimum absolute atomic E-state index is 0.210. The number of guanidine groups is 1. The molecule has 0 saturated carbocycles. The Morgan fingerprint density at radius 3 is 2.97 bits per heavy atom. The quantitative estimate of drug-likeness (QED) is 0.361. The van der Waals surface area contributed by atoms with Gasteiger partial charge in [-0.25, -0.2) is 4.39 Å². The zero-order valence-corrected chi connectivity index (χ0v) is 17.8. The molecule has 160 valence electrons. The van der Waals surface area contributed by atoms with Crippen molar-refractivity contribution < 1.29 is 4.39 Å². The van der Waals surface area contributed by atoms with E-state index in [9.17, 15) is 4.39 Å². The van der Waals surface area contributed by atoms with Gasteiger partial charge in [-0.3, -0.25) is 4.99 Å². The van der Waals surface area contributed by atoms with E-state index in [1.165, 1.54) is 31.1 Å². The molecule has 2 heterocycles. The van der Waals surface area contributed by atoms with Crippen molar-refractivity contribution in [1.29, 1.82) is 0 Å². The first kappa shape index (κ1) is 21.6. The SMILES string of the molecule is CCNC(=NCCCN1CCCN(C)CC1)NCCc1c[nH]c2cc(F)ccc12. The number of halogens is 1. The van der Waals surface area contributed by atoms with Crippen LogP contribution in [0.5, 0.6) is 0 Å². The molecular formula is C22H35FN6. The number of nitrogens with zero attached hydrogens (tertiary/aromatic N) is 3. The van der Waals surface area contributed by atoms with Gasteiger partial charge in [-0.15, -0.1) is 0 Å². The van der Waals surface area contributed by atoms with E-state index < -0.39 is 0 Å². The average molecular weight is 403 g/mol. The Morgan fingerprint density at radius 1 is 1.21 bits per heavy atom. The predicted octanol–water partition coefficient (Wildman–Crippen LogP) is 2.43. The molecule has 1 aliphatic rings. The number of aliphatic imine (C=N–C) groups is 1. The lowest BCUT2D eigenvalue weighted by Gasteiger charge is -2.19. The lowest BCUT2D eigenvalue weighted by Crippen LogP contribution is -2.38. The van der Waals surface area contributed by atoms with Gasteiger partial charge >= 0.3 is 0 Å². The maximum atomic E-state index is 13.3. The van der Waals surface area contributed by atoms with Gasteiger partial charge in [0.2, 0.25) is 0 Å². The lowest BCUT2D eigenvalue weighted by molar-refractivity contribution is 0.275. The molecule has 6 nitrogen and oxygen atoms in total. The van der Waals surface area contributed by atoms with Crippen LogP contribution in [0.1, 0.15) is 25.3 Å². The van der Waals surface area contributed by atoms with Gasteiger partial charge in [0.1, 0.15) is 5.82 Å². The molecule has 0 bridgehead atoms. The van der Waals surface area contributed by atoms with Crippen LogP contribution in [0.25, 0.3) is 10.9 Å². The van der Waals surface area contributed by atoms with Crippen molar-refractivity contribution in [2.45, 2.75) is 26.2 Å². The number of H-pyrrole nitrogens is 1. The van der Waals surface area contributed by atoms with Crippen LogP contribution in [0.15, 0.2) is 29.4 Å². The van der Waals surface area contributed by atoms with Crippen LogP contribution in [-0.2, 0) is 6.42 Å². The number of fused-ring (bicyclic) bond motifs is 1. The van der Waals surface area contributed by atoms with Gasteiger partial charge in [0.25, 0.3) is 0 Å². The molecule has 1 aromatic carbocycles. The standard InChI is InChI=1S/C22H35FN6/c1-3-24-22(25-9-4-12-29-13-5-11-28(2)14-15-29)26-10-8-18-17-27-21-16-19(23)6-7-20(18)21/h6-7,16-17,27H,3-5,8-15H2,1-2H3,(H2,24,25,26). The van der Waals surface area contributed by atoms with Gasteiger partial charge < -0.3 is 25.4 Å². The molecule has 0 unspecified atom stereocenters. The molecule has 0 radical (unpaired) electrons. The highest BCUT2D eigenvalue weighted by Gasteiger charge is 2.11. The summed E-state index contributed by atoms with van der Waals surface area (Å²) >= 11 is 0. The first-order valence-corrected chi connectivity index (χ1v) is 10.8. The fraction of sp³-hybridized carbons (Fsp3) is 0.591. The number of hydrogen-bond donors (Lipinski definition) is 3. The molecule has 1 fully saturated rings. The van der Waals surface area contributed by atoms with E-state index >= 15 is 0 Å². The monoisotopic (exact) mass is 402 g/mol. The van der Waals surface area contributed by atoms with Crippen molar-refractivity contribution >= 4 is 16.9 Å². The zero-order chi connectivity index (χ0) is 20.5. The second-order valence-corrected chi connectivity index (χ2v) is 7.79. The maximum absolute atomic E-state index is 13.3. The third-order valence-electron chi connectivity index (χ3n) is 5.47. The van der Waals surface area contributed by atoms with Gasteiger partial charge in [-0.05, 0) is 76.6 Å². The van der Waals surface area contributed by atoms with Crippen LogP contribution >= 0.6 is 0 Å². The number of nitrogens with one attached hydrogen (secondary N) is 3. The number of benzene rings is 1. The van der Waals surface area contributed by atoms with Crippen LogP contribution in [0.4, 0.5) is 4.39 Å². The van der Waals surface area contributed by atoms with Crippen molar-refractivity contribution in [2.75, 3.05) is 59.4 Å². The molecule has 0 aliphatic carbocycles. The Hall–Kier alpha value is -2.12. The summed E-state index contributed by atoms with van der Waals surface area (Å²) in [5.74, 6) is 0.659. The Bertz CT molecular complexity index is 787. The largest absolute Gasteiger partial charge is 0.361 e. The van der Waals surface area contributed by atoms with E-state index in [-0.39, 0.29) is 5.82 Å². The third-order valence-corrected chi connectivity index (χ3v) is 5.47. The van der Waals surface area contributed by atoms with Gasteiger partial charge in [0.05, 0.1) is 0 Å².